The van der Waals surface area contributed by atoms with Gasteiger partial charge in [0, 0.05) is 16.5 Å². The molecule has 0 saturated carbocycles. The van der Waals surface area contributed by atoms with Crippen molar-refractivity contribution in [2.45, 2.75) is 6.04 Å². The number of aliphatic hydroxyl groups excluding tert-OH is 1. The monoisotopic (exact) mass is 457 g/mol. The van der Waals surface area contributed by atoms with Crippen LogP contribution in [-0.2, 0) is 9.59 Å². The number of amides is 1. The predicted octanol–water partition coefficient (Wildman–Crippen LogP) is 4.67. The Labute approximate surface area is 185 Å². The van der Waals surface area contributed by atoms with E-state index >= 15 is 0 Å². The van der Waals surface area contributed by atoms with Crippen molar-refractivity contribution < 1.29 is 33.0 Å². The molecule has 0 bridgehead atoms. The molecule has 9 heteroatoms. The lowest BCUT2D eigenvalue weighted by Gasteiger charge is -2.24. The molecule has 1 unspecified atom stereocenters. The number of benzene rings is 2. The lowest BCUT2D eigenvalue weighted by atomic mass is 9.99. The fourth-order valence-corrected chi connectivity index (χ4v) is 4.43. The van der Waals surface area contributed by atoms with Crippen molar-refractivity contribution in [1.82, 2.24) is 0 Å². The van der Waals surface area contributed by atoms with E-state index in [0.29, 0.717) is 16.4 Å². The zero-order chi connectivity index (χ0) is 23.0. The van der Waals surface area contributed by atoms with Gasteiger partial charge in [-0.1, -0.05) is 6.07 Å². The molecular weight excluding hydrogens is 440 g/mol. The van der Waals surface area contributed by atoms with E-state index in [1.54, 1.807) is 17.5 Å². The number of Topliss-reactive ketones (excluding diaryl/α,β-unsaturated/α-hetero) is 1. The Morgan fingerprint density at radius 2 is 1.78 bits per heavy atom. The number of ketones is 1. The number of aliphatic hydroxyl groups is 1. The van der Waals surface area contributed by atoms with Gasteiger partial charge in [0.05, 0.1) is 25.5 Å². The number of nitrogens with zero attached hydrogens (tertiary/aromatic N) is 1. The Kier molecular flexibility index (Phi) is 5.67. The molecule has 1 aliphatic heterocycles. The van der Waals surface area contributed by atoms with Gasteiger partial charge in [0.25, 0.3) is 11.7 Å². The van der Waals surface area contributed by atoms with Gasteiger partial charge in [-0.15, -0.1) is 11.3 Å². The fraction of sp³-hybridized carbons (Fsp3) is 0.130. The van der Waals surface area contributed by atoms with Gasteiger partial charge in [-0.05, 0) is 41.8 Å². The summed E-state index contributed by atoms with van der Waals surface area (Å²) in [6, 6.07) is 9.33. The number of ether oxygens (including phenoxy) is 2. The number of rotatable bonds is 5. The maximum Gasteiger partial charge on any atom is 0.300 e. The third kappa shape index (κ3) is 3.50. The second-order valence-corrected chi connectivity index (χ2v) is 7.83. The molecule has 1 aliphatic rings. The number of halogens is 2. The van der Waals surface area contributed by atoms with Gasteiger partial charge >= 0.3 is 0 Å². The van der Waals surface area contributed by atoms with Gasteiger partial charge in [-0.3, -0.25) is 14.5 Å². The highest BCUT2D eigenvalue weighted by Gasteiger charge is 2.48. The summed E-state index contributed by atoms with van der Waals surface area (Å²) in [6.07, 6.45) is 0. The summed E-state index contributed by atoms with van der Waals surface area (Å²) < 4.78 is 38.9. The Bertz CT molecular complexity index is 1240. The maximum atomic E-state index is 14.6. The van der Waals surface area contributed by atoms with Crippen molar-refractivity contribution in [2.24, 2.45) is 0 Å². The highest BCUT2D eigenvalue weighted by atomic mass is 32.1. The van der Waals surface area contributed by atoms with Crippen LogP contribution in [-0.4, -0.2) is 31.0 Å². The SMILES string of the molecule is COc1ccc(/C(O)=C2/C(=O)C(=O)N(c3cc(F)ccc3F)C2c2cccs2)cc1OC. The molecule has 4 rings (SSSR count). The molecule has 164 valence electrons. The number of hydrogen-bond donors (Lipinski definition) is 1. The molecule has 1 amide bonds. The van der Waals surface area contributed by atoms with E-state index < -0.39 is 40.8 Å². The van der Waals surface area contributed by atoms with E-state index in [2.05, 4.69) is 0 Å². The number of thiophene rings is 1. The average Bonchev–Trinajstić information content (AvgIpc) is 3.41. The van der Waals surface area contributed by atoms with Crippen LogP contribution in [0.25, 0.3) is 5.76 Å². The number of carbonyl (C=O) groups excluding carboxylic acids is 2. The summed E-state index contributed by atoms with van der Waals surface area (Å²) in [5.74, 6) is -3.50. The first-order valence-electron chi connectivity index (χ1n) is 9.39. The standard InChI is InChI=1S/C23H17F2NO5S/c1-30-16-8-5-12(10-17(16)31-2)21(27)19-20(18-4-3-9-32-18)26(23(29)22(19)28)15-11-13(24)6-7-14(15)25/h3-11,20,27H,1-2H3/b21-19-. The van der Waals surface area contributed by atoms with Crippen LogP contribution in [0, 0.1) is 11.6 Å². The van der Waals surface area contributed by atoms with Crippen molar-refractivity contribution in [3.8, 4) is 11.5 Å². The van der Waals surface area contributed by atoms with E-state index in [0.717, 1.165) is 23.1 Å². The van der Waals surface area contributed by atoms with E-state index in [1.165, 1.54) is 43.8 Å². The average molecular weight is 457 g/mol. The summed E-state index contributed by atoms with van der Waals surface area (Å²) in [5, 5.41) is 12.8. The van der Waals surface area contributed by atoms with Gasteiger partial charge in [-0.25, -0.2) is 8.78 Å². The molecule has 32 heavy (non-hydrogen) atoms. The molecule has 1 N–H and O–H groups in total. The van der Waals surface area contributed by atoms with E-state index in [-0.39, 0.29) is 11.1 Å². The number of carbonyl (C=O) groups is 2. The molecule has 1 fully saturated rings. The Morgan fingerprint density at radius 1 is 1.03 bits per heavy atom. The maximum absolute atomic E-state index is 14.6. The number of methoxy groups -OCH3 is 2. The number of anilines is 1. The largest absolute Gasteiger partial charge is 0.507 e. The minimum absolute atomic E-state index is 0.196. The van der Waals surface area contributed by atoms with Crippen molar-refractivity contribution >= 4 is 34.5 Å². The Balaban J connectivity index is 1.94. The van der Waals surface area contributed by atoms with Crippen molar-refractivity contribution in [2.75, 3.05) is 19.1 Å². The smallest absolute Gasteiger partial charge is 0.300 e. The van der Waals surface area contributed by atoms with Gasteiger partial charge in [0.2, 0.25) is 0 Å². The summed E-state index contributed by atoms with van der Waals surface area (Å²) >= 11 is 1.21. The van der Waals surface area contributed by atoms with E-state index in [1.807, 2.05) is 0 Å². The van der Waals surface area contributed by atoms with Crippen LogP contribution in [0.4, 0.5) is 14.5 Å². The normalized spacial score (nSPS) is 17.6. The quantitative estimate of drug-likeness (QED) is 0.342. The zero-order valence-electron chi connectivity index (χ0n) is 17.0. The molecule has 1 atom stereocenters. The van der Waals surface area contributed by atoms with Gasteiger partial charge < -0.3 is 14.6 Å². The molecule has 0 radical (unpaired) electrons. The summed E-state index contributed by atoms with van der Waals surface area (Å²) in [7, 11) is 2.87. The van der Waals surface area contributed by atoms with Gasteiger partial charge in [0.1, 0.15) is 23.4 Å². The highest BCUT2D eigenvalue weighted by molar-refractivity contribution is 7.10. The van der Waals surface area contributed by atoms with Crippen molar-refractivity contribution in [3.63, 3.8) is 0 Å². The third-order valence-corrected chi connectivity index (χ3v) is 6.01. The van der Waals surface area contributed by atoms with E-state index in [4.69, 9.17) is 9.47 Å². The van der Waals surface area contributed by atoms with E-state index in [9.17, 15) is 23.5 Å². The Morgan fingerprint density at radius 3 is 2.44 bits per heavy atom. The molecular formula is C23H17F2NO5S. The van der Waals surface area contributed by atoms with Crippen molar-refractivity contribution in [1.29, 1.82) is 0 Å². The molecule has 6 nitrogen and oxygen atoms in total. The fourth-order valence-electron chi connectivity index (χ4n) is 3.61. The van der Waals surface area contributed by atoms with Crippen molar-refractivity contribution in [3.05, 3.63) is 81.6 Å². The molecule has 3 aromatic rings. The molecule has 1 aromatic heterocycles. The lowest BCUT2D eigenvalue weighted by molar-refractivity contribution is -0.132. The summed E-state index contributed by atoms with van der Waals surface area (Å²) in [5.41, 5.74) is -0.438. The minimum atomic E-state index is -1.14. The van der Waals surface area contributed by atoms with Gasteiger partial charge in [0.15, 0.2) is 11.5 Å². The van der Waals surface area contributed by atoms with Crippen LogP contribution in [0.5, 0.6) is 11.5 Å². The molecule has 2 heterocycles. The Hall–Kier alpha value is -3.72. The first kappa shape index (κ1) is 21.5. The highest BCUT2D eigenvalue weighted by Crippen LogP contribution is 2.44. The van der Waals surface area contributed by atoms with Gasteiger partial charge in [-0.2, -0.15) is 0 Å². The molecule has 1 saturated heterocycles. The molecule has 2 aromatic carbocycles. The summed E-state index contributed by atoms with van der Waals surface area (Å²) in [6.45, 7) is 0. The second-order valence-electron chi connectivity index (χ2n) is 6.85. The van der Waals surface area contributed by atoms with Crippen LogP contribution in [0.1, 0.15) is 16.5 Å². The molecule has 0 spiro atoms. The minimum Gasteiger partial charge on any atom is -0.507 e. The first-order valence-corrected chi connectivity index (χ1v) is 10.3. The van der Waals surface area contributed by atoms with Crippen LogP contribution in [0.2, 0.25) is 0 Å². The van der Waals surface area contributed by atoms with Crippen LogP contribution >= 0.6 is 11.3 Å². The number of hydrogen-bond acceptors (Lipinski definition) is 6. The first-order chi connectivity index (χ1) is 15.4. The summed E-state index contributed by atoms with van der Waals surface area (Å²) in [4.78, 5) is 27.3. The predicted molar refractivity (Wildman–Crippen MR) is 115 cm³/mol. The zero-order valence-corrected chi connectivity index (χ0v) is 17.8. The van der Waals surface area contributed by atoms with Crippen LogP contribution in [0.15, 0.2) is 59.5 Å². The topological polar surface area (TPSA) is 76.1 Å². The third-order valence-electron chi connectivity index (χ3n) is 5.08. The van der Waals surface area contributed by atoms with Crippen LogP contribution < -0.4 is 14.4 Å². The lowest BCUT2D eigenvalue weighted by Crippen LogP contribution is -2.30. The van der Waals surface area contributed by atoms with Crippen LogP contribution in [0.3, 0.4) is 0 Å². The second kappa shape index (κ2) is 8.43. The molecule has 0 aliphatic carbocycles.